The number of nitrogen functional groups attached to an aromatic ring is 2. The maximum atomic E-state index is 5.65. The van der Waals surface area contributed by atoms with Gasteiger partial charge in [0.05, 0.1) is 0 Å². The Bertz CT molecular complexity index is 331. The number of nitrogens with zero attached hydrogens (tertiary/aromatic N) is 3. The summed E-state index contributed by atoms with van der Waals surface area (Å²) in [6.45, 7) is 3.23. The number of anilines is 3. The molecule has 15 heavy (non-hydrogen) atoms. The lowest BCUT2D eigenvalue weighted by Crippen LogP contribution is -2.38. The Morgan fingerprint density at radius 3 is 2.80 bits per heavy atom. The number of hydrogen-bond donors (Lipinski definition) is 2. The van der Waals surface area contributed by atoms with Crippen molar-refractivity contribution in [1.29, 1.82) is 0 Å². The van der Waals surface area contributed by atoms with Gasteiger partial charge in [-0.05, 0) is 26.2 Å². The van der Waals surface area contributed by atoms with Gasteiger partial charge in [0, 0.05) is 18.7 Å². The van der Waals surface area contributed by atoms with Crippen molar-refractivity contribution < 1.29 is 0 Å². The van der Waals surface area contributed by atoms with Crippen molar-refractivity contribution in [2.24, 2.45) is 0 Å². The molecule has 0 radical (unpaired) electrons. The zero-order valence-electron chi connectivity index (χ0n) is 8.98. The Labute approximate surface area is 89.5 Å². The molecule has 0 aliphatic carbocycles. The molecule has 5 nitrogen and oxygen atoms in total. The van der Waals surface area contributed by atoms with E-state index in [4.69, 9.17) is 11.5 Å². The summed E-state index contributed by atoms with van der Waals surface area (Å²) in [5, 5.41) is 0. The molecule has 0 saturated carbocycles. The van der Waals surface area contributed by atoms with Crippen LogP contribution in [0, 0.1) is 0 Å². The first-order chi connectivity index (χ1) is 7.16. The van der Waals surface area contributed by atoms with Gasteiger partial charge in [0.25, 0.3) is 0 Å². The van der Waals surface area contributed by atoms with Crippen molar-refractivity contribution in [2.45, 2.75) is 32.2 Å². The van der Waals surface area contributed by atoms with Gasteiger partial charge in [-0.2, -0.15) is 9.97 Å². The molecule has 82 valence electrons. The molecule has 1 fully saturated rings. The molecule has 1 atom stereocenters. The highest BCUT2D eigenvalue weighted by Gasteiger charge is 2.20. The zero-order valence-corrected chi connectivity index (χ0v) is 8.98. The number of rotatable bonds is 1. The van der Waals surface area contributed by atoms with Crippen molar-refractivity contribution in [1.82, 2.24) is 9.97 Å². The smallest absolute Gasteiger partial charge is 0.223 e. The number of nitrogens with two attached hydrogens (primary N) is 2. The van der Waals surface area contributed by atoms with E-state index in [1.807, 2.05) is 0 Å². The molecule has 1 aliphatic heterocycles. The highest BCUT2D eigenvalue weighted by molar-refractivity contribution is 5.51. The Kier molecular flexibility index (Phi) is 2.62. The molecule has 0 aromatic carbocycles. The Morgan fingerprint density at radius 2 is 2.13 bits per heavy atom. The van der Waals surface area contributed by atoms with Gasteiger partial charge >= 0.3 is 0 Å². The van der Waals surface area contributed by atoms with E-state index < -0.39 is 0 Å². The van der Waals surface area contributed by atoms with Crippen LogP contribution >= 0.6 is 0 Å². The Balaban J connectivity index is 2.27. The standard InChI is InChI=1S/C10H17N5/c1-7-4-2-3-5-15(7)9-6-8(11)13-10(12)14-9/h6-7H,2-5H2,1H3,(H4,11,12,13,14). The first kappa shape index (κ1) is 10.0. The topological polar surface area (TPSA) is 81.1 Å². The number of hydrogen-bond acceptors (Lipinski definition) is 5. The summed E-state index contributed by atoms with van der Waals surface area (Å²) in [6.07, 6.45) is 3.69. The van der Waals surface area contributed by atoms with Gasteiger partial charge in [-0.25, -0.2) is 0 Å². The van der Waals surface area contributed by atoms with Crippen LogP contribution in [0.25, 0.3) is 0 Å². The minimum absolute atomic E-state index is 0.253. The summed E-state index contributed by atoms with van der Waals surface area (Å²) in [6, 6.07) is 2.30. The molecule has 1 unspecified atom stereocenters. The van der Waals surface area contributed by atoms with Gasteiger partial charge in [-0.15, -0.1) is 0 Å². The summed E-state index contributed by atoms with van der Waals surface area (Å²) in [7, 11) is 0. The Morgan fingerprint density at radius 1 is 1.33 bits per heavy atom. The van der Waals surface area contributed by atoms with Crippen LogP contribution in [-0.2, 0) is 0 Å². The van der Waals surface area contributed by atoms with Crippen molar-refractivity contribution in [2.75, 3.05) is 22.9 Å². The zero-order chi connectivity index (χ0) is 10.8. The highest BCUT2D eigenvalue weighted by atomic mass is 15.2. The monoisotopic (exact) mass is 207 g/mol. The third kappa shape index (κ3) is 2.11. The first-order valence-corrected chi connectivity index (χ1v) is 5.33. The second kappa shape index (κ2) is 3.92. The van der Waals surface area contributed by atoms with E-state index in [2.05, 4.69) is 21.8 Å². The van der Waals surface area contributed by atoms with Crippen molar-refractivity contribution in [3.8, 4) is 0 Å². The number of aromatic nitrogens is 2. The fourth-order valence-electron chi connectivity index (χ4n) is 2.06. The average Bonchev–Trinajstić information content (AvgIpc) is 2.16. The van der Waals surface area contributed by atoms with Crippen LogP contribution in [0.4, 0.5) is 17.6 Å². The normalized spacial score (nSPS) is 21.7. The second-order valence-corrected chi connectivity index (χ2v) is 4.05. The molecular formula is C10H17N5. The first-order valence-electron chi connectivity index (χ1n) is 5.33. The maximum absolute atomic E-state index is 5.65. The van der Waals surface area contributed by atoms with Crippen LogP contribution in [0.3, 0.4) is 0 Å². The van der Waals surface area contributed by atoms with Crippen LogP contribution in [0.5, 0.6) is 0 Å². The van der Waals surface area contributed by atoms with Gasteiger partial charge in [0.15, 0.2) is 0 Å². The quantitative estimate of drug-likeness (QED) is 0.718. The van der Waals surface area contributed by atoms with E-state index in [1.165, 1.54) is 19.3 Å². The molecule has 1 aliphatic rings. The van der Waals surface area contributed by atoms with Crippen molar-refractivity contribution >= 4 is 17.6 Å². The van der Waals surface area contributed by atoms with Gasteiger partial charge in [0.2, 0.25) is 5.95 Å². The molecule has 1 aromatic rings. The van der Waals surface area contributed by atoms with E-state index in [-0.39, 0.29) is 5.95 Å². The van der Waals surface area contributed by atoms with Crippen LogP contribution < -0.4 is 16.4 Å². The largest absolute Gasteiger partial charge is 0.383 e. The number of piperidine rings is 1. The molecule has 0 amide bonds. The second-order valence-electron chi connectivity index (χ2n) is 4.05. The third-order valence-electron chi connectivity index (χ3n) is 2.85. The van der Waals surface area contributed by atoms with E-state index in [0.717, 1.165) is 12.4 Å². The molecule has 0 bridgehead atoms. The van der Waals surface area contributed by atoms with E-state index in [0.29, 0.717) is 11.9 Å². The fourth-order valence-corrected chi connectivity index (χ4v) is 2.06. The van der Waals surface area contributed by atoms with Crippen molar-refractivity contribution in [3.63, 3.8) is 0 Å². The van der Waals surface area contributed by atoms with Crippen LogP contribution in [0.2, 0.25) is 0 Å². The minimum Gasteiger partial charge on any atom is -0.383 e. The van der Waals surface area contributed by atoms with E-state index >= 15 is 0 Å². The molecule has 1 saturated heterocycles. The third-order valence-corrected chi connectivity index (χ3v) is 2.85. The van der Waals surface area contributed by atoms with Gasteiger partial charge in [0.1, 0.15) is 11.6 Å². The van der Waals surface area contributed by atoms with Crippen molar-refractivity contribution in [3.05, 3.63) is 6.07 Å². The summed E-state index contributed by atoms with van der Waals surface area (Å²) in [5.41, 5.74) is 11.2. The Hall–Kier alpha value is -1.52. The average molecular weight is 207 g/mol. The molecule has 2 rings (SSSR count). The fraction of sp³-hybridized carbons (Fsp3) is 0.600. The molecule has 4 N–H and O–H groups in total. The van der Waals surface area contributed by atoms with Crippen LogP contribution in [0.1, 0.15) is 26.2 Å². The highest BCUT2D eigenvalue weighted by Crippen LogP contribution is 2.24. The van der Waals surface area contributed by atoms with Crippen LogP contribution in [-0.4, -0.2) is 22.6 Å². The minimum atomic E-state index is 0.253. The lowest BCUT2D eigenvalue weighted by atomic mass is 10.0. The lowest BCUT2D eigenvalue weighted by molar-refractivity contribution is 0.481. The van der Waals surface area contributed by atoms with Gasteiger partial charge in [-0.3, -0.25) is 0 Å². The van der Waals surface area contributed by atoms with E-state index in [9.17, 15) is 0 Å². The predicted molar refractivity (Wildman–Crippen MR) is 61.5 cm³/mol. The van der Waals surface area contributed by atoms with Gasteiger partial charge < -0.3 is 16.4 Å². The predicted octanol–water partition coefficient (Wildman–Crippen LogP) is 1.02. The summed E-state index contributed by atoms with van der Waals surface area (Å²) < 4.78 is 0. The summed E-state index contributed by atoms with van der Waals surface area (Å²) >= 11 is 0. The molecule has 1 aromatic heterocycles. The van der Waals surface area contributed by atoms with Crippen LogP contribution in [0.15, 0.2) is 6.07 Å². The maximum Gasteiger partial charge on any atom is 0.223 e. The van der Waals surface area contributed by atoms with Gasteiger partial charge in [-0.1, -0.05) is 0 Å². The SMILES string of the molecule is CC1CCCCN1c1cc(N)nc(N)n1. The summed E-state index contributed by atoms with van der Waals surface area (Å²) in [5.74, 6) is 1.55. The lowest BCUT2D eigenvalue weighted by Gasteiger charge is -2.34. The molecular weight excluding hydrogens is 190 g/mol. The molecule has 2 heterocycles. The molecule has 0 spiro atoms. The molecule has 5 heteroatoms. The summed E-state index contributed by atoms with van der Waals surface area (Å²) in [4.78, 5) is 10.3. The van der Waals surface area contributed by atoms with E-state index in [1.54, 1.807) is 6.07 Å².